The van der Waals surface area contributed by atoms with Gasteiger partial charge in [0.1, 0.15) is 11.6 Å². The van der Waals surface area contributed by atoms with Crippen molar-refractivity contribution in [1.29, 1.82) is 0 Å². The summed E-state index contributed by atoms with van der Waals surface area (Å²) in [5.41, 5.74) is 0.211. The highest BCUT2D eigenvalue weighted by molar-refractivity contribution is 6.74. The number of carbonyl (C=O) groups is 1. The topological polar surface area (TPSA) is 38.8 Å². The summed E-state index contributed by atoms with van der Waals surface area (Å²) in [6.45, 7) is 22.8. The summed E-state index contributed by atoms with van der Waals surface area (Å²) in [6, 6.07) is 10.00. The van der Waals surface area contributed by atoms with E-state index in [0.717, 1.165) is 5.56 Å². The number of fused-ring (bicyclic) bond motifs is 1. The molecule has 0 unspecified atom stereocenters. The minimum atomic E-state index is -2.24. The van der Waals surface area contributed by atoms with Gasteiger partial charge in [-0.1, -0.05) is 83.7 Å². The van der Waals surface area contributed by atoms with Crippen LogP contribution in [0.1, 0.15) is 53.5 Å². The average Bonchev–Trinajstić information content (AvgIpc) is 2.94. The van der Waals surface area contributed by atoms with Gasteiger partial charge in [-0.05, 0) is 48.4 Å². The van der Waals surface area contributed by atoms with Crippen molar-refractivity contribution in [3.63, 3.8) is 0 Å². The Morgan fingerprint density at radius 3 is 2.03 bits per heavy atom. The summed E-state index contributed by atoms with van der Waals surface area (Å²) in [6.07, 6.45) is 3.80. The third kappa shape index (κ3) is 4.99. The predicted octanol–water partition coefficient (Wildman–Crippen LogP) is 6.36. The average molecular weight is 498 g/mol. The molecule has 3 rings (SSSR count). The van der Waals surface area contributed by atoms with E-state index >= 15 is 0 Å². The van der Waals surface area contributed by atoms with E-state index in [2.05, 4.69) is 91.7 Å². The van der Waals surface area contributed by atoms with Gasteiger partial charge < -0.3 is 13.8 Å². The summed E-state index contributed by atoms with van der Waals surface area (Å²) >= 11 is 0. The number of rotatable bonds is 4. The molecule has 2 aliphatic heterocycles. The van der Waals surface area contributed by atoms with Crippen LogP contribution in [0, 0.1) is 11.8 Å². The van der Waals surface area contributed by atoms with E-state index in [1.54, 1.807) is 0 Å². The molecule has 6 heteroatoms. The standard InChI is InChI=1S/C28H43NO3Si2/c1-26(2,3)33(7,8)31-23-24(32-34(9,10)27(4,5)6)28(19-14-15-21-29(28)25(23)30)20-18-22-16-12-11-13-17-22/h11-17,23-24H,19,21H2,1-10H3/t23-,24-,28-/m0/s1. The van der Waals surface area contributed by atoms with Gasteiger partial charge in [0.15, 0.2) is 22.7 Å². The van der Waals surface area contributed by atoms with E-state index in [1.165, 1.54) is 0 Å². The molecule has 0 spiro atoms. The van der Waals surface area contributed by atoms with Gasteiger partial charge in [-0.15, -0.1) is 0 Å². The van der Waals surface area contributed by atoms with Crippen LogP contribution in [0.15, 0.2) is 42.5 Å². The molecule has 0 aliphatic carbocycles. The monoisotopic (exact) mass is 497 g/mol. The molecule has 186 valence electrons. The number of hydrogen-bond acceptors (Lipinski definition) is 3. The molecule has 1 amide bonds. The SMILES string of the molecule is CC(C)(C)[Si](C)(C)O[C@@H]1C(=O)N2CC=CC[C@]2(C#Cc2ccccc2)[C@H]1O[Si](C)(C)C(C)(C)C. The number of nitrogens with zero attached hydrogens (tertiary/aromatic N) is 1. The molecular formula is C28H43NO3Si2. The van der Waals surface area contributed by atoms with Crippen LogP contribution in [-0.2, 0) is 13.6 Å². The summed E-state index contributed by atoms with van der Waals surface area (Å²) in [5.74, 6) is 6.95. The van der Waals surface area contributed by atoms with E-state index in [-0.39, 0.29) is 16.0 Å². The Bertz CT molecular complexity index is 992. The van der Waals surface area contributed by atoms with Gasteiger partial charge in [-0.2, -0.15) is 0 Å². The Morgan fingerprint density at radius 1 is 0.912 bits per heavy atom. The fourth-order valence-electron chi connectivity index (χ4n) is 3.96. The third-order valence-electron chi connectivity index (χ3n) is 8.27. The first-order chi connectivity index (χ1) is 15.5. The van der Waals surface area contributed by atoms with E-state index in [1.807, 2.05) is 35.2 Å². The smallest absolute Gasteiger partial charge is 0.254 e. The molecule has 1 aromatic carbocycles. The van der Waals surface area contributed by atoms with Crippen molar-refractivity contribution in [3.05, 3.63) is 48.0 Å². The molecule has 1 aromatic rings. The van der Waals surface area contributed by atoms with E-state index in [4.69, 9.17) is 8.85 Å². The van der Waals surface area contributed by atoms with Crippen molar-refractivity contribution in [3.8, 4) is 11.8 Å². The Labute approximate surface area is 209 Å². The normalized spacial score (nSPS) is 25.7. The predicted molar refractivity (Wildman–Crippen MR) is 146 cm³/mol. The molecule has 34 heavy (non-hydrogen) atoms. The molecule has 0 aromatic heterocycles. The van der Waals surface area contributed by atoms with Crippen LogP contribution in [0.4, 0.5) is 0 Å². The van der Waals surface area contributed by atoms with Crippen molar-refractivity contribution in [2.75, 3.05) is 6.54 Å². The number of hydrogen-bond donors (Lipinski definition) is 0. The highest BCUT2D eigenvalue weighted by Gasteiger charge is 2.62. The first kappa shape index (κ1) is 26.9. The highest BCUT2D eigenvalue weighted by atomic mass is 28.4. The van der Waals surface area contributed by atoms with E-state index in [0.29, 0.717) is 13.0 Å². The first-order valence-electron chi connectivity index (χ1n) is 12.4. The Morgan fingerprint density at radius 2 is 1.47 bits per heavy atom. The van der Waals surface area contributed by atoms with Crippen LogP contribution in [0.5, 0.6) is 0 Å². The number of amides is 1. The van der Waals surface area contributed by atoms with Crippen molar-refractivity contribution in [2.24, 2.45) is 0 Å². The molecule has 0 radical (unpaired) electrons. The van der Waals surface area contributed by atoms with Crippen LogP contribution in [0.2, 0.25) is 36.3 Å². The molecule has 2 aliphatic rings. The third-order valence-corrected chi connectivity index (χ3v) is 17.2. The van der Waals surface area contributed by atoms with Gasteiger partial charge >= 0.3 is 0 Å². The van der Waals surface area contributed by atoms with Crippen molar-refractivity contribution < 1.29 is 13.6 Å². The van der Waals surface area contributed by atoms with Crippen LogP contribution in [0.3, 0.4) is 0 Å². The largest absolute Gasteiger partial charge is 0.407 e. The van der Waals surface area contributed by atoms with Crippen LogP contribution >= 0.6 is 0 Å². The second-order valence-corrected chi connectivity index (χ2v) is 22.3. The van der Waals surface area contributed by atoms with Gasteiger partial charge in [-0.25, -0.2) is 0 Å². The lowest BCUT2D eigenvalue weighted by molar-refractivity contribution is -0.135. The van der Waals surface area contributed by atoms with Crippen LogP contribution in [-0.4, -0.2) is 51.7 Å². The van der Waals surface area contributed by atoms with Crippen LogP contribution in [0.25, 0.3) is 0 Å². The minimum Gasteiger partial charge on any atom is -0.407 e. The zero-order valence-electron chi connectivity index (χ0n) is 22.8. The summed E-state index contributed by atoms with van der Waals surface area (Å²) < 4.78 is 14.0. The van der Waals surface area contributed by atoms with Gasteiger partial charge in [0.25, 0.3) is 5.91 Å². The maximum Gasteiger partial charge on any atom is 0.254 e. The molecule has 1 saturated heterocycles. The van der Waals surface area contributed by atoms with Gasteiger partial charge in [-0.3, -0.25) is 4.79 Å². The lowest BCUT2D eigenvalue weighted by atomic mass is 9.87. The Hall–Kier alpha value is -1.66. The van der Waals surface area contributed by atoms with Crippen molar-refractivity contribution in [1.82, 2.24) is 4.90 Å². The molecule has 1 fully saturated rings. The van der Waals surface area contributed by atoms with E-state index in [9.17, 15) is 4.79 Å². The second-order valence-electron chi connectivity index (χ2n) is 12.8. The molecule has 2 heterocycles. The minimum absolute atomic E-state index is 0.00352. The summed E-state index contributed by atoms with van der Waals surface area (Å²) in [4.78, 5) is 15.9. The zero-order valence-corrected chi connectivity index (χ0v) is 24.8. The summed E-state index contributed by atoms with van der Waals surface area (Å²) in [5, 5.41) is -0.0113. The second kappa shape index (κ2) is 9.09. The van der Waals surface area contributed by atoms with Crippen LogP contribution < -0.4 is 0 Å². The quantitative estimate of drug-likeness (QED) is 0.276. The van der Waals surface area contributed by atoms with Crippen molar-refractivity contribution >= 4 is 22.5 Å². The molecule has 0 N–H and O–H groups in total. The van der Waals surface area contributed by atoms with Crippen molar-refractivity contribution in [2.45, 2.75) is 102 Å². The lowest BCUT2D eigenvalue weighted by Gasteiger charge is -2.46. The van der Waals surface area contributed by atoms with Gasteiger partial charge in [0.05, 0.1) is 0 Å². The lowest BCUT2D eigenvalue weighted by Crippen LogP contribution is -2.58. The number of carbonyl (C=O) groups excluding carboxylic acids is 1. The number of benzene rings is 1. The van der Waals surface area contributed by atoms with E-state index < -0.39 is 34.4 Å². The Kier molecular flexibility index (Phi) is 7.20. The van der Waals surface area contributed by atoms with Gasteiger partial charge in [0, 0.05) is 18.5 Å². The molecular weight excluding hydrogens is 454 g/mol. The molecule has 3 atom stereocenters. The molecule has 0 bridgehead atoms. The maximum absolute atomic E-state index is 14.0. The first-order valence-corrected chi connectivity index (χ1v) is 18.2. The zero-order chi connectivity index (χ0) is 25.6. The fraction of sp³-hybridized carbons (Fsp3) is 0.607. The fourth-order valence-corrected chi connectivity index (χ4v) is 6.48. The molecule has 4 nitrogen and oxygen atoms in total. The van der Waals surface area contributed by atoms with Gasteiger partial charge in [0.2, 0.25) is 0 Å². The highest BCUT2D eigenvalue weighted by Crippen LogP contribution is 2.47. The maximum atomic E-state index is 14.0. The summed E-state index contributed by atoms with van der Waals surface area (Å²) in [7, 11) is -4.47. The molecule has 0 saturated carbocycles. The Balaban J connectivity index is 2.15.